The van der Waals surface area contributed by atoms with E-state index in [0.717, 1.165) is 6.42 Å². The summed E-state index contributed by atoms with van der Waals surface area (Å²) in [5, 5.41) is 6.62. The smallest absolute Gasteiger partial charge is 1.00 e. The molecule has 0 saturated heterocycles. The maximum atomic E-state index is 2.80. The van der Waals surface area contributed by atoms with Crippen molar-refractivity contribution in [1.29, 1.82) is 0 Å². The fourth-order valence-electron chi connectivity index (χ4n) is 11.2. The number of unbranched alkanes of at least 4 members (excludes halogenated alkanes) is 18. The van der Waals surface area contributed by atoms with Gasteiger partial charge in [-0.3, -0.25) is 0 Å². The first kappa shape index (κ1) is 64.3. The molecule has 1 aliphatic rings. The van der Waals surface area contributed by atoms with Gasteiger partial charge >= 0.3 is 388 Å². The fraction of sp³-hybridized carbons (Fsp3) is 0.569. The summed E-state index contributed by atoms with van der Waals surface area (Å²) >= 11 is 2.46. The van der Waals surface area contributed by atoms with Crippen molar-refractivity contribution in [2.45, 2.75) is 241 Å². The first-order valence-electron chi connectivity index (χ1n) is 28.5. The largest absolute Gasteiger partial charge is 1.00 e. The maximum Gasteiger partial charge on any atom is -1.00 e. The van der Waals surface area contributed by atoms with E-state index in [0.29, 0.717) is 0 Å². The molecule has 0 nitrogen and oxygen atoms in total. The Kier molecular flexibility index (Phi) is 34.0. The van der Waals surface area contributed by atoms with Gasteiger partial charge in [0, 0.05) is 0 Å². The average Bonchev–Trinajstić information content (AvgIpc) is 3.73. The molecule has 0 unspecified atom stereocenters. The van der Waals surface area contributed by atoms with Crippen LogP contribution < -0.4 is 52.8 Å². The van der Waals surface area contributed by atoms with Crippen molar-refractivity contribution < 1.29 is 57.7 Å². The molecule has 0 radical (unpaired) electrons. The van der Waals surface area contributed by atoms with Gasteiger partial charge in [0.25, 0.3) is 0 Å². The Labute approximate surface area is 463 Å². The van der Waals surface area contributed by atoms with E-state index >= 15 is 0 Å². The Morgan fingerprint density at radius 2 is 0.629 bits per heavy atom. The van der Waals surface area contributed by atoms with E-state index in [-0.39, 0.29) is 37.2 Å². The van der Waals surface area contributed by atoms with Crippen molar-refractivity contribution in [3.8, 4) is 0 Å². The van der Waals surface area contributed by atoms with Crippen molar-refractivity contribution in [2.24, 2.45) is 0 Å². The van der Waals surface area contributed by atoms with Crippen LogP contribution in [0, 0.1) is 0 Å². The van der Waals surface area contributed by atoms with Crippen molar-refractivity contribution >= 4 is 29.2 Å². The molecule has 0 N–H and O–H groups in total. The molecule has 1 aliphatic carbocycles. The second-order valence-corrected chi connectivity index (χ2v) is 25.5. The van der Waals surface area contributed by atoms with Crippen LogP contribution in [0.4, 0.5) is 0 Å². The molecule has 384 valence electrons. The zero-order chi connectivity index (χ0) is 47.5. The summed E-state index contributed by atoms with van der Waals surface area (Å²) in [6, 6.07) is 36.4. The summed E-state index contributed by atoms with van der Waals surface area (Å²) in [5.74, 6) is 0. The summed E-state index contributed by atoms with van der Waals surface area (Å²) in [6.07, 6.45) is 42.2. The van der Waals surface area contributed by atoms with Gasteiger partial charge in [-0.25, -0.2) is 0 Å². The number of aryl methyl sites for hydroxylation is 6. The van der Waals surface area contributed by atoms with Crippen molar-refractivity contribution in [3.63, 3.8) is 0 Å². The molecular formula is C65H95Cl3SiTi. The molecule has 5 heteroatoms. The molecule has 0 heterocycles. The number of hydrogen-bond donors (Lipinski definition) is 0. The van der Waals surface area contributed by atoms with Gasteiger partial charge in [-0.15, -0.1) is 0 Å². The van der Waals surface area contributed by atoms with Gasteiger partial charge < -0.3 is 37.2 Å². The Morgan fingerprint density at radius 3 is 0.886 bits per heavy atom. The molecule has 4 aromatic rings. The first-order valence-corrected chi connectivity index (χ1v) is 31.3. The van der Waals surface area contributed by atoms with Crippen LogP contribution in [0.3, 0.4) is 0 Å². The minimum absolute atomic E-state index is 0. The van der Waals surface area contributed by atoms with Crippen LogP contribution in [0.25, 0.3) is 5.57 Å². The molecule has 4 aromatic carbocycles. The van der Waals surface area contributed by atoms with Crippen LogP contribution in [0.15, 0.2) is 100 Å². The Balaban J connectivity index is 0.00000560. The number of allylic oxidation sites excluding steroid dienone is 4. The normalized spacial score (nSPS) is 12.4. The van der Waals surface area contributed by atoms with Gasteiger partial charge in [0.15, 0.2) is 0 Å². The Bertz CT molecular complexity index is 1820. The van der Waals surface area contributed by atoms with Crippen LogP contribution >= 0.6 is 0 Å². The van der Waals surface area contributed by atoms with Gasteiger partial charge in [-0.1, -0.05) is 41.5 Å². The summed E-state index contributed by atoms with van der Waals surface area (Å²) in [6.45, 7) is 14.1. The summed E-state index contributed by atoms with van der Waals surface area (Å²) in [5.41, 5.74) is 12.5. The van der Waals surface area contributed by atoms with E-state index < -0.39 is 8.07 Å². The van der Waals surface area contributed by atoms with Crippen LogP contribution in [-0.2, 0) is 59.0 Å². The summed E-state index contributed by atoms with van der Waals surface area (Å²) in [4.78, 5) is 0. The van der Waals surface area contributed by atoms with E-state index in [2.05, 4.69) is 153 Å². The molecular weight excluding hydrogens is 963 g/mol. The SMILES string of the molecule is CCCCCCc1cc(CCCCCC)cc([Si](C2=CC[C]([Ti+3])=C2c2ccccc2)(c2cc(CCCCCC)cc(CCCCCC)c2)c2cc(CCCCCC)cc(CCCCCC)c2)c1.[Cl-].[Cl-].[Cl-]. The maximum absolute atomic E-state index is 2.99. The van der Waals surface area contributed by atoms with Gasteiger partial charge in [-0.2, -0.15) is 0 Å². The van der Waals surface area contributed by atoms with Crippen molar-refractivity contribution in [1.82, 2.24) is 0 Å². The molecule has 0 bridgehead atoms. The Hall–Kier alpha value is -1.84. The molecule has 0 atom stereocenters. The molecule has 0 saturated carbocycles. The zero-order valence-corrected chi connectivity index (χ0v) is 50.0. The number of hydrogen-bond acceptors (Lipinski definition) is 0. The zero-order valence-electron chi connectivity index (χ0n) is 45.2. The Morgan fingerprint density at radius 1 is 0.357 bits per heavy atom. The number of halogens is 3. The molecule has 70 heavy (non-hydrogen) atoms. The molecule has 0 aromatic heterocycles. The second kappa shape index (κ2) is 37.0. The molecule has 5 rings (SSSR count). The van der Waals surface area contributed by atoms with Crippen LogP contribution in [0.2, 0.25) is 0 Å². The molecule has 0 spiro atoms. The predicted octanol–water partition coefficient (Wildman–Crippen LogP) is 8.73. The van der Waals surface area contributed by atoms with E-state index in [9.17, 15) is 0 Å². The average molecular weight is 1060 g/mol. The monoisotopic (exact) mass is 1060 g/mol. The fourth-order valence-corrected chi connectivity index (χ4v) is 17.4. The van der Waals surface area contributed by atoms with Crippen molar-refractivity contribution in [2.75, 3.05) is 0 Å². The van der Waals surface area contributed by atoms with E-state index in [1.165, 1.54) is 198 Å². The third kappa shape index (κ3) is 19.8. The van der Waals surface area contributed by atoms with E-state index in [1.807, 2.05) is 0 Å². The third-order valence-electron chi connectivity index (χ3n) is 14.9. The standard InChI is InChI=1S/C65H95Si.3ClH.Ti/c1-7-13-19-26-35-54-45-55(36-27-20-14-8-2)49-61(48-54)66(65-44-34-43-64(65)60-41-32-25-33-42-60,62-50-56(37-28-21-15-9-3)46-57(51-62)38-29-22-16-10-4)63-52-58(39-30-23-17-11-5)47-59(53-63)40-31-24-18-12-6;;;;/h25,32-33,41-42,44-53H,7-24,26-31,34-40H2,1-6H3;3*1H;/q;;;;+3/p-3. The van der Waals surface area contributed by atoms with Gasteiger partial charge in [0.1, 0.15) is 0 Å². The predicted molar refractivity (Wildman–Crippen MR) is 297 cm³/mol. The van der Waals surface area contributed by atoms with Crippen LogP contribution in [0.1, 0.15) is 241 Å². The number of rotatable bonds is 35. The van der Waals surface area contributed by atoms with Gasteiger partial charge in [0.05, 0.1) is 0 Å². The first-order chi connectivity index (χ1) is 32.9. The molecule has 0 aliphatic heterocycles. The van der Waals surface area contributed by atoms with Gasteiger partial charge in [-0.05, 0) is 0 Å². The van der Waals surface area contributed by atoms with Gasteiger partial charge in [0.2, 0.25) is 0 Å². The van der Waals surface area contributed by atoms with E-state index in [4.69, 9.17) is 0 Å². The van der Waals surface area contributed by atoms with Crippen molar-refractivity contribution in [3.05, 3.63) is 139 Å². The van der Waals surface area contributed by atoms with Crippen LogP contribution in [-0.4, -0.2) is 8.07 Å². The quantitative estimate of drug-likeness (QED) is 0.0246. The molecule has 0 fully saturated rings. The van der Waals surface area contributed by atoms with E-state index in [1.54, 1.807) is 63.6 Å². The minimum atomic E-state index is -2.99. The minimum Gasteiger partial charge on any atom is -1.00 e. The summed E-state index contributed by atoms with van der Waals surface area (Å²) in [7, 11) is -2.99. The number of benzene rings is 4. The molecule has 0 amide bonds. The topological polar surface area (TPSA) is 0 Å². The third-order valence-corrected chi connectivity index (χ3v) is 20.4. The van der Waals surface area contributed by atoms with Crippen LogP contribution in [0.5, 0.6) is 0 Å². The second-order valence-electron chi connectivity index (χ2n) is 20.8. The summed E-state index contributed by atoms with van der Waals surface area (Å²) < 4.78 is 1.54.